The van der Waals surface area contributed by atoms with Gasteiger partial charge in [-0.15, -0.1) is 0 Å². The summed E-state index contributed by atoms with van der Waals surface area (Å²) in [7, 11) is 1.93. The van der Waals surface area contributed by atoms with Crippen LogP contribution < -0.4 is 16.6 Å². The molecule has 0 atom stereocenters. The van der Waals surface area contributed by atoms with Crippen molar-refractivity contribution < 1.29 is 0 Å². The third-order valence-corrected chi connectivity index (χ3v) is 2.87. The average Bonchev–Trinajstić information content (AvgIpc) is 2.78. The Morgan fingerprint density at radius 2 is 2.21 bits per heavy atom. The van der Waals surface area contributed by atoms with E-state index in [2.05, 4.69) is 32.7 Å². The van der Waals surface area contributed by atoms with Crippen molar-refractivity contribution in [1.29, 1.82) is 0 Å². The molecule has 0 fully saturated rings. The van der Waals surface area contributed by atoms with Crippen LogP contribution in [0.5, 0.6) is 0 Å². The van der Waals surface area contributed by atoms with Crippen LogP contribution in [0.2, 0.25) is 0 Å². The molecule has 2 rings (SSSR count). The molecule has 0 spiro atoms. The number of nitrogens with two attached hydrogens (primary N) is 1. The van der Waals surface area contributed by atoms with Crippen LogP contribution in [0.1, 0.15) is 23.7 Å². The third-order valence-electron chi connectivity index (χ3n) is 2.87. The molecule has 0 aliphatic heterocycles. The van der Waals surface area contributed by atoms with E-state index in [1.165, 1.54) is 5.56 Å². The molecule has 0 aromatic carbocycles. The van der Waals surface area contributed by atoms with Gasteiger partial charge in [0, 0.05) is 37.1 Å². The fraction of sp³-hybridized carbons (Fsp3) is 0.417. The van der Waals surface area contributed by atoms with Gasteiger partial charge in [0.25, 0.3) is 0 Å². The molecule has 0 saturated heterocycles. The highest BCUT2D eigenvalue weighted by molar-refractivity contribution is 5.46. The van der Waals surface area contributed by atoms with Crippen LogP contribution in [0.25, 0.3) is 0 Å². The molecule has 19 heavy (non-hydrogen) atoms. The van der Waals surface area contributed by atoms with Gasteiger partial charge in [0.15, 0.2) is 0 Å². The fourth-order valence-electron chi connectivity index (χ4n) is 1.90. The lowest BCUT2D eigenvalue weighted by molar-refractivity contribution is 0.746. The number of nitrogens with one attached hydrogen (secondary N) is 2. The number of aromatic nitrogens is 4. The van der Waals surface area contributed by atoms with E-state index < -0.39 is 0 Å². The zero-order valence-corrected chi connectivity index (χ0v) is 11.4. The molecule has 2 heterocycles. The maximum absolute atomic E-state index is 5.31. The first kappa shape index (κ1) is 13.3. The molecule has 0 unspecified atom stereocenters. The normalized spacial score (nSPS) is 10.5. The second kappa shape index (κ2) is 5.66. The van der Waals surface area contributed by atoms with Gasteiger partial charge in [0.2, 0.25) is 5.95 Å². The second-order valence-electron chi connectivity index (χ2n) is 4.35. The largest absolute Gasteiger partial charge is 0.365 e. The standard InChI is InChI=1S/C12H19N7/c1-4-10-9(7-19(3)18-10)6-14-11-8(2)5-15-12(16-11)17-13/h5,7H,4,6,13H2,1-3H3,(H2,14,15,16,17). The molecule has 2 aromatic rings. The number of nitrogens with zero attached hydrogens (tertiary/aromatic N) is 4. The number of nitrogen functional groups attached to an aromatic ring is 1. The molecule has 0 radical (unpaired) electrons. The summed E-state index contributed by atoms with van der Waals surface area (Å²) in [4.78, 5) is 8.33. The van der Waals surface area contributed by atoms with E-state index in [0.717, 1.165) is 23.5 Å². The van der Waals surface area contributed by atoms with E-state index in [4.69, 9.17) is 5.84 Å². The first-order valence-electron chi connectivity index (χ1n) is 6.19. The molecule has 7 nitrogen and oxygen atoms in total. The highest BCUT2D eigenvalue weighted by atomic mass is 15.3. The number of aryl methyl sites for hydroxylation is 3. The van der Waals surface area contributed by atoms with Crippen LogP contribution in [-0.4, -0.2) is 19.7 Å². The molecular weight excluding hydrogens is 242 g/mol. The van der Waals surface area contributed by atoms with Gasteiger partial charge in [0.1, 0.15) is 5.82 Å². The fourth-order valence-corrected chi connectivity index (χ4v) is 1.90. The molecule has 102 valence electrons. The first-order chi connectivity index (χ1) is 9.13. The van der Waals surface area contributed by atoms with E-state index in [1.54, 1.807) is 6.20 Å². The minimum absolute atomic E-state index is 0.398. The summed E-state index contributed by atoms with van der Waals surface area (Å²) < 4.78 is 1.83. The van der Waals surface area contributed by atoms with Crippen molar-refractivity contribution in [3.8, 4) is 0 Å². The van der Waals surface area contributed by atoms with Crippen LogP contribution in [-0.2, 0) is 20.0 Å². The van der Waals surface area contributed by atoms with E-state index >= 15 is 0 Å². The van der Waals surface area contributed by atoms with Gasteiger partial charge in [-0.25, -0.2) is 10.8 Å². The van der Waals surface area contributed by atoms with Gasteiger partial charge in [-0.05, 0) is 13.3 Å². The van der Waals surface area contributed by atoms with Crippen LogP contribution in [0.4, 0.5) is 11.8 Å². The Morgan fingerprint density at radius 1 is 1.42 bits per heavy atom. The highest BCUT2D eigenvalue weighted by Crippen LogP contribution is 2.15. The van der Waals surface area contributed by atoms with Crippen molar-refractivity contribution >= 4 is 11.8 Å². The van der Waals surface area contributed by atoms with Gasteiger partial charge in [0.05, 0.1) is 5.69 Å². The Morgan fingerprint density at radius 3 is 2.89 bits per heavy atom. The van der Waals surface area contributed by atoms with Crippen molar-refractivity contribution in [2.45, 2.75) is 26.8 Å². The Kier molecular flexibility index (Phi) is 3.96. The van der Waals surface area contributed by atoms with Gasteiger partial charge < -0.3 is 5.32 Å². The minimum atomic E-state index is 0.398. The maximum Gasteiger partial charge on any atom is 0.239 e. The Hall–Kier alpha value is -2.15. The lowest BCUT2D eigenvalue weighted by atomic mass is 10.2. The summed E-state index contributed by atoms with van der Waals surface area (Å²) in [6.07, 6.45) is 4.66. The molecule has 0 aliphatic rings. The van der Waals surface area contributed by atoms with Crippen molar-refractivity contribution in [3.63, 3.8) is 0 Å². The van der Waals surface area contributed by atoms with E-state index in [1.807, 2.05) is 24.9 Å². The maximum atomic E-state index is 5.31. The molecule has 7 heteroatoms. The average molecular weight is 261 g/mol. The highest BCUT2D eigenvalue weighted by Gasteiger charge is 2.07. The van der Waals surface area contributed by atoms with Crippen LogP contribution >= 0.6 is 0 Å². The van der Waals surface area contributed by atoms with Crippen molar-refractivity contribution in [3.05, 3.63) is 29.2 Å². The minimum Gasteiger partial charge on any atom is -0.365 e. The van der Waals surface area contributed by atoms with Gasteiger partial charge in [-0.3, -0.25) is 10.1 Å². The van der Waals surface area contributed by atoms with Crippen molar-refractivity contribution in [2.75, 3.05) is 10.7 Å². The predicted molar refractivity (Wildman–Crippen MR) is 74.5 cm³/mol. The number of anilines is 2. The van der Waals surface area contributed by atoms with E-state index in [-0.39, 0.29) is 0 Å². The van der Waals surface area contributed by atoms with Crippen molar-refractivity contribution in [1.82, 2.24) is 19.7 Å². The number of hydrazine groups is 1. The number of rotatable bonds is 5. The Bertz CT molecular complexity index is 561. The van der Waals surface area contributed by atoms with Gasteiger partial charge >= 0.3 is 0 Å². The molecular formula is C12H19N7. The summed E-state index contributed by atoms with van der Waals surface area (Å²) in [5, 5.41) is 7.70. The number of hydrogen-bond donors (Lipinski definition) is 3. The van der Waals surface area contributed by atoms with Crippen LogP contribution in [0.15, 0.2) is 12.4 Å². The monoisotopic (exact) mass is 261 g/mol. The molecule has 0 saturated carbocycles. The molecule has 0 amide bonds. The topological polar surface area (TPSA) is 93.7 Å². The molecule has 0 bridgehead atoms. The third kappa shape index (κ3) is 3.00. The second-order valence-corrected chi connectivity index (χ2v) is 4.35. The van der Waals surface area contributed by atoms with Crippen LogP contribution in [0.3, 0.4) is 0 Å². The Labute approximate surface area is 112 Å². The van der Waals surface area contributed by atoms with Gasteiger partial charge in [-0.2, -0.15) is 10.1 Å². The summed E-state index contributed by atoms with van der Waals surface area (Å²) >= 11 is 0. The molecule has 4 N–H and O–H groups in total. The predicted octanol–water partition coefficient (Wildman–Crippen LogP) is 0.979. The first-order valence-corrected chi connectivity index (χ1v) is 6.19. The smallest absolute Gasteiger partial charge is 0.239 e. The summed E-state index contributed by atoms with van der Waals surface area (Å²) in [6, 6.07) is 0. The quantitative estimate of drug-likeness (QED) is 0.548. The van der Waals surface area contributed by atoms with E-state index in [0.29, 0.717) is 12.5 Å². The number of hydrogen-bond acceptors (Lipinski definition) is 6. The Balaban J connectivity index is 2.13. The lowest BCUT2D eigenvalue weighted by Gasteiger charge is -2.09. The SMILES string of the molecule is CCc1nn(C)cc1CNc1nc(NN)ncc1C. The lowest BCUT2D eigenvalue weighted by Crippen LogP contribution is -2.12. The van der Waals surface area contributed by atoms with E-state index in [9.17, 15) is 0 Å². The molecule has 0 aliphatic carbocycles. The van der Waals surface area contributed by atoms with Gasteiger partial charge in [-0.1, -0.05) is 6.92 Å². The summed E-state index contributed by atoms with van der Waals surface area (Å²) in [5.74, 6) is 6.48. The molecule has 2 aromatic heterocycles. The van der Waals surface area contributed by atoms with Crippen LogP contribution in [0, 0.1) is 6.92 Å². The van der Waals surface area contributed by atoms with Crippen molar-refractivity contribution in [2.24, 2.45) is 12.9 Å². The summed E-state index contributed by atoms with van der Waals surface area (Å²) in [6.45, 7) is 4.73. The summed E-state index contributed by atoms with van der Waals surface area (Å²) in [5.41, 5.74) is 5.68. The zero-order valence-electron chi connectivity index (χ0n) is 11.4. The zero-order chi connectivity index (χ0) is 13.8.